The van der Waals surface area contributed by atoms with Crippen molar-refractivity contribution in [1.29, 1.82) is 0 Å². The molecule has 1 saturated carbocycles. The van der Waals surface area contributed by atoms with Crippen molar-refractivity contribution in [2.24, 2.45) is 0 Å². The van der Waals surface area contributed by atoms with E-state index in [0.717, 1.165) is 21.1 Å². The van der Waals surface area contributed by atoms with Crippen molar-refractivity contribution in [1.82, 2.24) is 0 Å². The molecule has 0 aromatic rings. The fourth-order valence-electron chi connectivity index (χ4n) is 1.83. The van der Waals surface area contributed by atoms with Gasteiger partial charge in [0.2, 0.25) is 0 Å². The first kappa shape index (κ1) is 11.2. The van der Waals surface area contributed by atoms with Crippen molar-refractivity contribution < 1.29 is 9.47 Å². The topological polar surface area (TPSA) is 18.5 Å². The van der Waals surface area contributed by atoms with Crippen LogP contribution in [-0.4, -0.2) is 30.0 Å². The normalized spacial score (nSPS) is 19.6. The second-order valence-electron chi connectivity index (χ2n) is 3.64. The Balaban J connectivity index is 2.09. The summed E-state index contributed by atoms with van der Waals surface area (Å²) in [6, 6.07) is 1.08. The molecule has 0 saturated heterocycles. The van der Waals surface area contributed by atoms with Crippen LogP contribution in [0.4, 0.5) is 0 Å². The van der Waals surface area contributed by atoms with Gasteiger partial charge in [0, 0.05) is 23.7 Å². The lowest BCUT2D eigenvalue weighted by Crippen LogP contribution is -2.18. The number of methoxy groups -OCH3 is 2. The first-order chi connectivity index (χ1) is 6.36. The van der Waals surface area contributed by atoms with Crippen molar-refractivity contribution in [3.8, 4) is 0 Å². The highest BCUT2D eigenvalue weighted by molar-refractivity contribution is 6.37. The predicted octanol–water partition coefficient (Wildman–Crippen LogP) is 2.48. The lowest BCUT2D eigenvalue weighted by molar-refractivity contribution is -0.0877. The highest BCUT2D eigenvalue weighted by atomic mass is 28.2. The van der Waals surface area contributed by atoms with Gasteiger partial charge in [0.1, 0.15) is 0 Å². The minimum atomic E-state index is 0.0280. The lowest BCUT2D eigenvalue weighted by atomic mass is 10.0. The summed E-state index contributed by atoms with van der Waals surface area (Å²) in [7, 11) is 4.47. The second-order valence-corrected chi connectivity index (χ2v) is 5.28. The lowest BCUT2D eigenvalue weighted by Gasteiger charge is -2.22. The Morgan fingerprint density at radius 3 is 2.31 bits per heavy atom. The van der Waals surface area contributed by atoms with Gasteiger partial charge < -0.3 is 9.47 Å². The Bertz CT molecular complexity index is 120. The molecule has 1 aliphatic carbocycles. The molecule has 0 aliphatic heterocycles. The van der Waals surface area contributed by atoms with Crippen LogP contribution >= 0.6 is 0 Å². The smallest absolute Gasteiger partial charge is 0.154 e. The third-order valence-corrected chi connectivity index (χ3v) is 4.43. The zero-order valence-electron chi connectivity index (χ0n) is 8.71. The van der Waals surface area contributed by atoms with Gasteiger partial charge in [-0.15, -0.1) is 0 Å². The second kappa shape index (κ2) is 6.57. The van der Waals surface area contributed by atoms with E-state index in [1.807, 2.05) is 0 Å². The van der Waals surface area contributed by atoms with Crippen LogP contribution in [0.3, 0.4) is 0 Å². The van der Waals surface area contributed by atoms with Gasteiger partial charge in [-0.05, 0) is 11.6 Å². The fourth-order valence-corrected chi connectivity index (χ4v) is 3.51. The van der Waals surface area contributed by atoms with Crippen LogP contribution < -0.4 is 0 Å². The SMILES string of the molecule is COC(C[Si]C1CCCCC1)OC. The Labute approximate surface area is 83.8 Å². The first-order valence-electron chi connectivity index (χ1n) is 5.15. The van der Waals surface area contributed by atoms with E-state index in [1.165, 1.54) is 32.1 Å². The molecule has 1 aliphatic rings. The molecule has 0 bridgehead atoms. The van der Waals surface area contributed by atoms with Crippen LogP contribution in [0.2, 0.25) is 11.6 Å². The molecule has 3 heteroatoms. The maximum Gasteiger partial charge on any atom is 0.154 e. The van der Waals surface area contributed by atoms with E-state index >= 15 is 0 Å². The van der Waals surface area contributed by atoms with Crippen LogP contribution in [-0.2, 0) is 9.47 Å². The summed E-state index contributed by atoms with van der Waals surface area (Å²) in [5.74, 6) is 0. The standard InChI is InChI=1S/C10H20O2Si/c1-11-10(12-2)8-13-9-6-4-3-5-7-9/h9-10H,3-8H2,1-2H3. The number of hydrogen-bond acceptors (Lipinski definition) is 2. The van der Waals surface area contributed by atoms with E-state index < -0.39 is 0 Å². The monoisotopic (exact) mass is 200 g/mol. The highest BCUT2D eigenvalue weighted by Gasteiger charge is 2.16. The molecule has 13 heavy (non-hydrogen) atoms. The molecule has 0 N–H and O–H groups in total. The summed E-state index contributed by atoms with van der Waals surface area (Å²) in [6.45, 7) is 0. The van der Waals surface area contributed by atoms with Crippen molar-refractivity contribution >= 4 is 9.52 Å². The summed E-state index contributed by atoms with van der Waals surface area (Å²) >= 11 is 0. The summed E-state index contributed by atoms with van der Waals surface area (Å²) in [6.07, 6.45) is 7.20. The minimum Gasteiger partial charge on any atom is -0.356 e. The molecule has 0 heterocycles. The van der Waals surface area contributed by atoms with Crippen LogP contribution in [0.15, 0.2) is 0 Å². The molecule has 0 aromatic carbocycles. The quantitative estimate of drug-likeness (QED) is 0.501. The van der Waals surface area contributed by atoms with Crippen LogP contribution in [0.5, 0.6) is 0 Å². The van der Waals surface area contributed by atoms with Crippen molar-refractivity contribution in [3.63, 3.8) is 0 Å². The van der Waals surface area contributed by atoms with Gasteiger partial charge >= 0.3 is 0 Å². The summed E-state index contributed by atoms with van der Waals surface area (Å²) < 4.78 is 10.4. The molecule has 1 fully saturated rings. The molecule has 1 rings (SSSR count). The van der Waals surface area contributed by atoms with Crippen LogP contribution in [0.1, 0.15) is 32.1 Å². The van der Waals surface area contributed by atoms with E-state index in [2.05, 4.69) is 0 Å². The Kier molecular flexibility index (Phi) is 5.67. The molecule has 0 atom stereocenters. The average molecular weight is 200 g/mol. The third kappa shape index (κ3) is 4.25. The van der Waals surface area contributed by atoms with Crippen LogP contribution in [0, 0.1) is 0 Å². The zero-order chi connectivity index (χ0) is 9.52. The van der Waals surface area contributed by atoms with E-state index in [0.29, 0.717) is 0 Å². The minimum absolute atomic E-state index is 0.0280. The molecule has 0 amide bonds. The molecular formula is C10H20O2Si. The molecular weight excluding hydrogens is 180 g/mol. The maximum atomic E-state index is 5.18. The van der Waals surface area contributed by atoms with Crippen molar-refractivity contribution in [2.75, 3.05) is 14.2 Å². The molecule has 2 radical (unpaired) electrons. The summed E-state index contributed by atoms with van der Waals surface area (Å²) in [5.41, 5.74) is 0.960. The van der Waals surface area contributed by atoms with Gasteiger partial charge in [0.15, 0.2) is 6.29 Å². The first-order valence-corrected chi connectivity index (χ1v) is 6.44. The van der Waals surface area contributed by atoms with Gasteiger partial charge in [0.25, 0.3) is 0 Å². The highest BCUT2D eigenvalue weighted by Crippen LogP contribution is 2.28. The van der Waals surface area contributed by atoms with Crippen molar-refractivity contribution in [3.05, 3.63) is 0 Å². The number of hydrogen-bond donors (Lipinski definition) is 0. The van der Waals surface area contributed by atoms with E-state index in [-0.39, 0.29) is 6.29 Å². The Hall–Kier alpha value is 0.137. The molecule has 0 aromatic heterocycles. The number of rotatable bonds is 5. The van der Waals surface area contributed by atoms with Gasteiger partial charge in [-0.3, -0.25) is 0 Å². The molecule has 2 nitrogen and oxygen atoms in total. The van der Waals surface area contributed by atoms with Crippen LogP contribution in [0.25, 0.3) is 0 Å². The molecule has 0 unspecified atom stereocenters. The third-order valence-electron chi connectivity index (χ3n) is 2.70. The van der Waals surface area contributed by atoms with Gasteiger partial charge in [-0.1, -0.05) is 32.1 Å². The summed E-state index contributed by atoms with van der Waals surface area (Å²) in [4.78, 5) is 0. The Morgan fingerprint density at radius 2 is 1.77 bits per heavy atom. The van der Waals surface area contributed by atoms with E-state index in [4.69, 9.17) is 9.47 Å². The van der Waals surface area contributed by atoms with Gasteiger partial charge in [-0.25, -0.2) is 0 Å². The predicted molar refractivity (Wildman–Crippen MR) is 55.2 cm³/mol. The molecule has 0 spiro atoms. The van der Waals surface area contributed by atoms with Crippen molar-refractivity contribution in [2.45, 2.75) is 50.0 Å². The maximum absolute atomic E-state index is 5.18. The largest absolute Gasteiger partial charge is 0.356 e. The summed E-state index contributed by atoms with van der Waals surface area (Å²) in [5, 5.41) is 0. The molecule has 76 valence electrons. The van der Waals surface area contributed by atoms with E-state index in [1.54, 1.807) is 14.2 Å². The average Bonchev–Trinajstić information content (AvgIpc) is 2.21. The van der Waals surface area contributed by atoms with Gasteiger partial charge in [0.05, 0.1) is 0 Å². The fraction of sp³-hybridized carbons (Fsp3) is 1.00. The van der Waals surface area contributed by atoms with E-state index in [9.17, 15) is 0 Å². The number of ether oxygens (including phenoxy) is 2. The zero-order valence-corrected chi connectivity index (χ0v) is 9.71. The van der Waals surface area contributed by atoms with Gasteiger partial charge in [-0.2, -0.15) is 0 Å². The Morgan fingerprint density at radius 1 is 1.15 bits per heavy atom.